The first-order chi connectivity index (χ1) is 7.74. The van der Waals surface area contributed by atoms with Gasteiger partial charge >= 0.3 is 0 Å². The molecule has 1 aromatic heterocycles. The van der Waals surface area contributed by atoms with Crippen molar-refractivity contribution in [2.75, 3.05) is 0 Å². The Hall–Kier alpha value is -1.54. The number of aryl methyl sites for hydroxylation is 1. The predicted octanol–water partition coefficient (Wildman–Crippen LogP) is 3.97. The highest BCUT2D eigenvalue weighted by molar-refractivity contribution is 6.30. The molecule has 0 fully saturated rings. The molecule has 0 radical (unpaired) electrons. The van der Waals surface area contributed by atoms with E-state index >= 15 is 0 Å². The van der Waals surface area contributed by atoms with Crippen LogP contribution in [0, 0.1) is 0 Å². The molecule has 0 unspecified atom stereocenters. The van der Waals surface area contributed by atoms with Crippen molar-refractivity contribution >= 4 is 17.9 Å². The average Bonchev–Trinajstić information content (AvgIpc) is 2.77. The molecule has 2 aromatic rings. The third kappa shape index (κ3) is 2.02. The highest BCUT2D eigenvalue weighted by Gasteiger charge is 2.09. The Labute approximate surface area is 98.8 Å². The number of rotatable bonds is 3. The molecule has 2 nitrogen and oxygen atoms in total. The molecule has 0 spiro atoms. The predicted molar refractivity (Wildman–Crippen MR) is 63.9 cm³/mol. The molecule has 82 valence electrons. The van der Waals surface area contributed by atoms with Crippen molar-refractivity contribution < 1.29 is 9.21 Å². The van der Waals surface area contributed by atoms with Crippen LogP contribution in [0.4, 0.5) is 0 Å². The van der Waals surface area contributed by atoms with E-state index < -0.39 is 0 Å². The molecule has 0 N–H and O–H groups in total. The molecule has 0 aliphatic rings. The van der Waals surface area contributed by atoms with Gasteiger partial charge in [-0.1, -0.05) is 24.6 Å². The van der Waals surface area contributed by atoms with E-state index in [1.54, 1.807) is 12.1 Å². The second-order valence-electron chi connectivity index (χ2n) is 3.47. The summed E-state index contributed by atoms with van der Waals surface area (Å²) in [7, 11) is 0. The lowest BCUT2D eigenvalue weighted by Gasteiger charge is -2.05. The lowest BCUT2D eigenvalue weighted by Crippen LogP contribution is -1.86. The number of furan rings is 1. The summed E-state index contributed by atoms with van der Waals surface area (Å²) in [5.74, 6) is 1.01. The molecule has 0 aliphatic heterocycles. The zero-order chi connectivity index (χ0) is 11.5. The Balaban J connectivity index is 2.53. The number of carbonyl (C=O) groups is 1. The Morgan fingerprint density at radius 2 is 2.12 bits per heavy atom. The molecule has 2 rings (SSSR count). The monoisotopic (exact) mass is 234 g/mol. The van der Waals surface area contributed by atoms with Crippen LogP contribution in [0.5, 0.6) is 0 Å². The van der Waals surface area contributed by atoms with Crippen molar-refractivity contribution in [3.63, 3.8) is 0 Å². The van der Waals surface area contributed by atoms with Crippen LogP contribution >= 0.6 is 11.6 Å². The van der Waals surface area contributed by atoms with Gasteiger partial charge in [0.15, 0.2) is 12.0 Å². The molecule has 16 heavy (non-hydrogen) atoms. The SMILES string of the molecule is CCc1ccc(Cl)cc1-c1ccc(C=O)o1. The van der Waals surface area contributed by atoms with Gasteiger partial charge in [0.1, 0.15) is 5.76 Å². The first kappa shape index (κ1) is 11.0. The summed E-state index contributed by atoms with van der Waals surface area (Å²) in [6.07, 6.45) is 1.59. The highest BCUT2D eigenvalue weighted by Crippen LogP contribution is 2.28. The molecular weight excluding hydrogens is 224 g/mol. The van der Waals surface area contributed by atoms with Gasteiger partial charge < -0.3 is 4.42 Å². The number of aldehydes is 1. The van der Waals surface area contributed by atoms with Crippen molar-refractivity contribution in [1.29, 1.82) is 0 Å². The van der Waals surface area contributed by atoms with Gasteiger partial charge in [0.2, 0.25) is 0 Å². The van der Waals surface area contributed by atoms with E-state index in [9.17, 15) is 4.79 Å². The van der Waals surface area contributed by atoms with Gasteiger partial charge in [0, 0.05) is 10.6 Å². The van der Waals surface area contributed by atoms with Crippen molar-refractivity contribution in [1.82, 2.24) is 0 Å². The van der Waals surface area contributed by atoms with Crippen LogP contribution in [0.1, 0.15) is 23.0 Å². The van der Waals surface area contributed by atoms with Crippen LogP contribution in [-0.4, -0.2) is 6.29 Å². The Morgan fingerprint density at radius 3 is 2.75 bits per heavy atom. The van der Waals surface area contributed by atoms with E-state index in [2.05, 4.69) is 6.92 Å². The van der Waals surface area contributed by atoms with Gasteiger partial charge in [0.25, 0.3) is 0 Å². The fourth-order valence-electron chi connectivity index (χ4n) is 1.65. The lowest BCUT2D eigenvalue weighted by molar-refractivity contribution is 0.110. The normalized spacial score (nSPS) is 10.4. The number of halogens is 1. The summed E-state index contributed by atoms with van der Waals surface area (Å²) in [4.78, 5) is 10.6. The lowest BCUT2D eigenvalue weighted by atomic mass is 10.0. The minimum absolute atomic E-state index is 0.331. The molecule has 1 aromatic carbocycles. The third-order valence-electron chi connectivity index (χ3n) is 2.46. The van der Waals surface area contributed by atoms with Gasteiger partial charge in [-0.2, -0.15) is 0 Å². The first-order valence-electron chi connectivity index (χ1n) is 5.08. The van der Waals surface area contributed by atoms with Crippen molar-refractivity contribution in [2.24, 2.45) is 0 Å². The van der Waals surface area contributed by atoms with Crippen LogP contribution in [0.3, 0.4) is 0 Å². The molecule has 0 saturated heterocycles. The topological polar surface area (TPSA) is 30.2 Å². The first-order valence-corrected chi connectivity index (χ1v) is 5.46. The fourth-order valence-corrected chi connectivity index (χ4v) is 1.82. The van der Waals surface area contributed by atoms with Crippen LogP contribution in [0.25, 0.3) is 11.3 Å². The van der Waals surface area contributed by atoms with Gasteiger partial charge in [-0.3, -0.25) is 4.79 Å². The zero-order valence-electron chi connectivity index (χ0n) is 8.87. The summed E-state index contributed by atoms with van der Waals surface area (Å²) in [5, 5.41) is 0.663. The van der Waals surface area contributed by atoms with E-state index in [1.807, 2.05) is 18.2 Å². The molecule has 0 atom stereocenters. The standard InChI is InChI=1S/C13H11ClO2/c1-2-9-3-4-10(14)7-12(9)13-6-5-11(8-15)16-13/h3-8H,2H2,1H3. The highest BCUT2D eigenvalue weighted by atomic mass is 35.5. The summed E-state index contributed by atoms with van der Waals surface area (Å²) < 4.78 is 5.39. The van der Waals surface area contributed by atoms with E-state index in [1.165, 1.54) is 0 Å². The summed E-state index contributed by atoms with van der Waals surface area (Å²) >= 11 is 5.95. The quantitative estimate of drug-likeness (QED) is 0.752. The van der Waals surface area contributed by atoms with Gasteiger partial charge in [-0.15, -0.1) is 0 Å². The number of hydrogen-bond donors (Lipinski definition) is 0. The Morgan fingerprint density at radius 1 is 1.31 bits per heavy atom. The molecule has 0 aliphatic carbocycles. The van der Waals surface area contributed by atoms with Crippen LogP contribution in [-0.2, 0) is 6.42 Å². The third-order valence-corrected chi connectivity index (χ3v) is 2.70. The largest absolute Gasteiger partial charge is 0.453 e. The summed E-state index contributed by atoms with van der Waals surface area (Å²) in [6, 6.07) is 9.12. The van der Waals surface area contributed by atoms with E-state index in [4.69, 9.17) is 16.0 Å². The molecule has 0 amide bonds. The van der Waals surface area contributed by atoms with Crippen molar-refractivity contribution in [2.45, 2.75) is 13.3 Å². The minimum Gasteiger partial charge on any atom is -0.453 e. The molecule has 0 saturated carbocycles. The maximum atomic E-state index is 10.6. The second-order valence-corrected chi connectivity index (χ2v) is 3.91. The van der Waals surface area contributed by atoms with Crippen molar-refractivity contribution in [3.05, 3.63) is 46.7 Å². The number of carbonyl (C=O) groups excluding carboxylic acids is 1. The van der Waals surface area contributed by atoms with Gasteiger partial charge in [-0.05, 0) is 36.2 Å². The van der Waals surface area contributed by atoms with E-state index in [0.29, 0.717) is 22.8 Å². The molecular formula is C13H11ClO2. The van der Waals surface area contributed by atoms with Crippen molar-refractivity contribution in [3.8, 4) is 11.3 Å². The van der Waals surface area contributed by atoms with Crippen LogP contribution in [0.15, 0.2) is 34.7 Å². The van der Waals surface area contributed by atoms with Crippen LogP contribution < -0.4 is 0 Å². The fraction of sp³-hybridized carbons (Fsp3) is 0.154. The molecule has 0 bridgehead atoms. The second kappa shape index (κ2) is 4.54. The number of benzene rings is 1. The smallest absolute Gasteiger partial charge is 0.185 e. The average molecular weight is 235 g/mol. The van der Waals surface area contributed by atoms with E-state index in [0.717, 1.165) is 17.5 Å². The number of hydrogen-bond acceptors (Lipinski definition) is 2. The Bertz CT molecular complexity index is 514. The maximum Gasteiger partial charge on any atom is 0.185 e. The zero-order valence-corrected chi connectivity index (χ0v) is 9.62. The Kier molecular flexibility index (Phi) is 3.11. The van der Waals surface area contributed by atoms with Crippen LogP contribution in [0.2, 0.25) is 5.02 Å². The van der Waals surface area contributed by atoms with Gasteiger partial charge in [-0.25, -0.2) is 0 Å². The summed E-state index contributed by atoms with van der Waals surface area (Å²) in [5.41, 5.74) is 2.10. The maximum absolute atomic E-state index is 10.6. The molecule has 1 heterocycles. The summed E-state index contributed by atoms with van der Waals surface area (Å²) in [6.45, 7) is 2.07. The van der Waals surface area contributed by atoms with Gasteiger partial charge in [0.05, 0.1) is 0 Å². The van der Waals surface area contributed by atoms with E-state index in [-0.39, 0.29) is 0 Å². The minimum atomic E-state index is 0.331. The molecule has 3 heteroatoms.